The molecule has 28 heavy (non-hydrogen) atoms. The van der Waals surface area contributed by atoms with Crippen LogP contribution in [0, 0.1) is 11.3 Å². The van der Waals surface area contributed by atoms with E-state index in [4.69, 9.17) is 14.2 Å². The van der Waals surface area contributed by atoms with Crippen molar-refractivity contribution in [3.05, 3.63) is 35.4 Å². The highest BCUT2D eigenvalue weighted by Crippen LogP contribution is 2.74. The zero-order valence-electron chi connectivity index (χ0n) is 17.0. The summed E-state index contributed by atoms with van der Waals surface area (Å²) in [6.07, 6.45) is 7.19. The predicted molar refractivity (Wildman–Crippen MR) is 104 cm³/mol. The SMILES string of the molecule is COc1ccc2c3c1OC1C4(OC)C=CC5(C[C@@H]4C(C)=O)[C@@H](C2)N(C)CC[C@]315. The molecule has 148 valence electrons. The fraction of sp³-hybridized carbons (Fsp3) is 0.609. The lowest BCUT2D eigenvalue weighted by molar-refractivity contribution is -0.212. The number of ketones is 1. The Morgan fingerprint density at radius 3 is 2.82 bits per heavy atom. The maximum absolute atomic E-state index is 12.8. The smallest absolute Gasteiger partial charge is 0.166 e. The van der Waals surface area contributed by atoms with Crippen LogP contribution in [-0.4, -0.2) is 56.2 Å². The summed E-state index contributed by atoms with van der Waals surface area (Å²) in [6.45, 7) is 2.74. The first kappa shape index (κ1) is 17.0. The van der Waals surface area contributed by atoms with Crippen LogP contribution in [-0.2, 0) is 21.4 Å². The van der Waals surface area contributed by atoms with Crippen molar-refractivity contribution in [1.29, 1.82) is 0 Å². The summed E-state index contributed by atoms with van der Waals surface area (Å²) in [6, 6.07) is 4.62. The van der Waals surface area contributed by atoms with Gasteiger partial charge in [-0.15, -0.1) is 0 Å². The van der Waals surface area contributed by atoms with E-state index in [1.165, 1.54) is 11.1 Å². The van der Waals surface area contributed by atoms with Crippen molar-refractivity contribution < 1.29 is 19.0 Å². The Kier molecular flexibility index (Phi) is 3.05. The summed E-state index contributed by atoms with van der Waals surface area (Å²) in [5.74, 6) is 1.68. The molecule has 1 saturated carbocycles. The van der Waals surface area contributed by atoms with Crippen molar-refractivity contribution in [2.75, 3.05) is 27.8 Å². The van der Waals surface area contributed by atoms with Crippen LogP contribution >= 0.6 is 0 Å². The van der Waals surface area contributed by atoms with Crippen molar-refractivity contribution in [1.82, 2.24) is 4.90 Å². The molecule has 5 nitrogen and oxygen atoms in total. The number of rotatable bonds is 3. The summed E-state index contributed by atoms with van der Waals surface area (Å²) >= 11 is 0. The molecule has 0 aromatic heterocycles. The standard InChI is InChI=1S/C23H27NO4/c1-13(25)15-12-21-7-8-23(15,27-4)20-22(21)9-10-24(2)17(21)11-14-5-6-16(26-3)19(28-20)18(14)22/h5-8,15,17,20H,9-12H2,1-4H3/t15-,17-,20?,21?,22+,23?/m1/s1. The Bertz CT molecular complexity index is 941. The van der Waals surface area contributed by atoms with E-state index in [2.05, 4.69) is 30.2 Å². The minimum Gasteiger partial charge on any atom is -0.493 e. The molecule has 2 aliphatic heterocycles. The largest absolute Gasteiger partial charge is 0.493 e. The van der Waals surface area contributed by atoms with Crippen LogP contribution in [0.1, 0.15) is 30.9 Å². The van der Waals surface area contributed by atoms with Gasteiger partial charge in [-0.3, -0.25) is 4.79 Å². The molecule has 0 N–H and O–H groups in total. The topological polar surface area (TPSA) is 48.0 Å². The van der Waals surface area contributed by atoms with E-state index in [1.54, 1.807) is 21.1 Å². The maximum Gasteiger partial charge on any atom is 0.166 e. The van der Waals surface area contributed by atoms with Gasteiger partial charge in [0.15, 0.2) is 11.5 Å². The molecule has 5 heteroatoms. The van der Waals surface area contributed by atoms with E-state index in [0.29, 0.717) is 6.04 Å². The number of carbonyl (C=O) groups excluding carboxylic acids is 1. The number of hydrogen-bond acceptors (Lipinski definition) is 5. The summed E-state index contributed by atoms with van der Waals surface area (Å²) in [5, 5.41) is 0. The van der Waals surface area contributed by atoms with Gasteiger partial charge in [0, 0.05) is 24.1 Å². The first-order valence-electron chi connectivity index (χ1n) is 10.3. The van der Waals surface area contributed by atoms with Gasteiger partial charge in [0.05, 0.1) is 18.4 Å². The van der Waals surface area contributed by atoms with Crippen molar-refractivity contribution in [2.45, 2.75) is 49.3 Å². The lowest BCUT2D eigenvalue weighted by Crippen LogP contribution is -2.79. The number of piperidine rings is 1. The molecule has 2 heterocycles. The molecule has 2 spiro atoms. The van der Waals surface area contributed by atoms with E-state index < -0.39 is 5.60 Å². The molecule has 1 saturated heterocycles. The number of Topliss-reactive ketones (excluding diaryl/α,β-unsaturated/α-hetero) is 1. The number of likely N-dealkylation sites (N-methyl/N-ethyl adjacent to an activating group) is 1. The molecule has 1 aromatic rings. The van der Waals surface area contributed by atoms with Gasteiger partial charge >= 0.3 is 0 Å². The number of ether oxygens (including phenoxy) is 3. The molecule has 6 aliphatic rings. The molecule has 2 fully saturated rings. The molecule has 0 amide bonds. The summed E-state index contributed by atoms with van der Waals surface area (Å²) in [4.78, 5) is 15.3. The average Bonchev–Trinajstić information content (AvgIpc) is 3.07. The zero-order chi connectivity index (χ0) is 19.5. The normalized spacial score (nSPS) is 44.2. The highest BCUT2D eigenvalue weighted by molar-refractivity contribution is 5.82. The van der Waals surface area contributed by atoms with Crippen LogP contribution in [0.15, 0.2) is 24.3 Å². The van der Waals surface area contributed by atoms with Gasteiger partial charge in [-0.05, 0) is 51.4 Å². The summed E-state index contributed by atoms with van der Waals surface area (Å²) in [5.41, 5.74) is 1.72. The van der Waals surface area contributed by atoms with E-state index in [-0.39, 0.29) is 28.6 Å². The molecule has 1 aromatic carbocycles. The van der Waals surface area contributed by atoms with Gasteiger partial charge in [-0.2, -0.15) is 0 Å². The van der Waals surface area contributed by atoms with E-state index >= 15 is 0 Å². The van der Waals surface area contributed by atoms with Crippen molar-refractivity contribution in [3.8, 4) is 11.5 Å². The fourth-order valence-electron chi connectivity index (χ4n) is 7.67. The van der Waals surface area contributed by atoms with Crippen LogP contribution in [0.3, 0.4) is 0 Å². The maximum atomic E-state index is 12.8. The number of nitrogens with zero attached hydrogens (tertiary/aromatic N) is 1. The first-order valence-corrected chi connectivity index (χ1v) is 10.3. The Hall–Kier alpha value is -1.85. The minimum atomic E-state index is -0.716. The van der Waals surface area contributed by atoms with Gasteiger partial charge in [0.2, 0.25) is 0 Å². The Balaban J connectivity index is 1.72. The third kappa shape index (κ3) is 1.49. The number of fused-ring (bicyclic) bond motifs is 1. The monoisotopic (exact) mass is 381 g/mol. The van der Waals surface area contributed by atoms with Crippen LogP contribution in [0.2, 0.25) is 0 Å². The van der Waals surface area contributed by atoms with Gasteiger partial charge < -0.3 is 19.1 Å². The van der Waals surface area contributed by atoms with Crippen LogP contribution < -0.4 is 9.47 Å². The van der Waals surface area contributed by atoms with E-state index in [9.17, 15) is 4.79 Å². The van der Waals surface area contributed by atoms with Gasteiger partial charge in [0.1, 0.15) is 17.5 Å². The van der Waals surface area contributed by atoms with E-state index in [1.807, 2.05) is 6.07 Å². The molecule has 0 radical (unpaired) electrons. The third-order valence-corrected chi connectivity index (χ3v) is 8.77. The van der Waals surface area contributed by atoms with Crippen molar-refractivity contribution in [3.63, 3.8) is 0 Å². The predicted octanol–water partition coefficient (Wildman–Crippen LogP) is 2.50. The first-order chi connectivity index (χ1) is 13.4. The molecule has 3 unspecified atom stereocenters. The second-order valence-corrected chi connectivity index (χ2v) is 9.35. The number of likely N-dealkylation sites (tertiary alicyclic amines) is 1. The van der Waals surface area contributed by atoms with Gasteiger partial charge in [-0.1, -0.05) is 18.2 Å². The molecule has 6 atom stereocenters. The quantitative estimate of drug-likeness (QED) is 0.753. The third-order valence-electron chi connectivity index (χ3n) is 8.77. The number of benzene rings is 1. The second kappa shape index (κ2) is 5.00. The number of hydrogen-bond donors (Lipinski definition) is 0. The molecule has 4 aliphatic carbocycles. The van der Waals surface area contributed by atoms with Crippen LogP contribution in [0.4, 0.5) is 0 Å². The highest BCUT2D eigenvalue weighted by atomic mass is 16.6. The lowest BCUT2D eigenvalue weighted by Gasteiger charge is -2.70. The van der Waals surface area contributed by atoms with Crippen LogP contribution in [0.5, 0.6) is 11.5 Å². The second-order valence-electron chi connectivity index (χ2n) is 9.35. The lowest BCUT2D eigenvalue weighted by atomic mass is 9.37. The minimum absolute atomic E-state index is 0.105. The van der Waals surface area contributed by atoms with Gasteiger partial charge in [-0.25, -0.2) is 0 Å². The zero-order valence-corrected chi connectivity index (χ0v) is 17.0. The fourth-order valence-corrected chi connectivity index (χ4v) is 7.67. The molecular formula is C23H27NO4. The Labute approximate surface area is 165 Å². The molecule has 4 bridgehead atoms. The van der Waals surface area contributed by atoms with Crippen molar-refractivity contribution >= 4 is 5.78 Å². The Morgan fingerprint density at radius 2 is 2.11 bits per heavy atom. The van der Waals surface area contributed by atoms with Gasteiger partial charge in [0.25, 0.3) is 0 Å². The molecule has 7 rings (SSSR count). The van der Waals surface area contributed by atoms with Crippen LogP contribution in [0.25, 0.3) is 0 Å². The number of methoxy groups -OCH3 is 2. The average molecular weight is 381 g/mol. The van der Waals surface area contributed by atoms with Crippen molar-refractivity contribution in [2.24, 2.45) is 11.3 Å². The summed E-state index contributed by atoms with van der Waals surface area (Å²) < 4.78 is 18.7. The molecular weight excluding hydrogens is 354 g/mol. The summed E-state index contributed by atoms with van der Waals surface area (Å²) in [7, 11) is 5.67. The Morgan fingerprint density at radius 1 is 1.29 bits per heavy atom. The highest BCUT2D eigenvalue weighted by Gasteiger charge is 2.79. The number of carbonyl (C=O) groups is 1. The van der Waals surface area contributed by atoms with E-state index in [0.717, 1.165) is 37.3 Å².